The van der Waals surface area contributed by atoms with Crippen molar-refractivity contribution in [2.24, 2.45) is 0 Å². The lowest BCUT2D eigenvalue weighted by atomic mass is 10.1. The van der Waals surface area contributed by atoms with E-state index in [9.17, 15) is 14.4 Å². The largest absolute Gasteiger partial charge is 0.464 e. The topological polar surface area (TPSA) is 88.9 Å². The molecule has 0 unspecified atom stereocenters. The fourth-order valence-corrected chi connectivity index (χ4v) is 3.21. The van der Waals surface area contributed by atoms with E-state index in [-0.39, 0.29) is 18.9 Å². The number of carbonyl (C=O) groups excluding carboxylic acids is 3. The number of nitrogens with one attached hydrogen (secondary N) is 1. The zero-order chi connectivity index (χ0) is 22.5. The summed E-state index contributed by atoms with van der Waals surface area (Å²) in [5, 5.41) is 3.57. The first kappa shape index (κ1) is 22.1. The van der Waals surface area contributed by atoms with Crippen molar-refractivity contribution < 1.29 is 23.5 Å². The number of benzene rings is 2. The lowest BCUT2D eigenvalue weighted by Crippen LogP contribution is -2.41. The van der Waals surface area contributed by atoms with Gasteiger partial charge in [0.05, 0.1) is 19.2 Å². The summed E-state index contributed by atoms with van der Waals surface area (Å²) >= 11 is 0. The molecule has 7 nitrogen and oxygen atoms in total. The first-order valence-electron chi connectivity index (χ1n) is 10.0. The number of ether oxygens (including phenoxy) is 1. The fraction of sp³-hybridized carbons (Fsp3) is 0.292. The second kappa shape index (κ2) is 9.47. The number of esters is 1. The van der Waals surface area contributed by atoms with Gasteiger partial charge in [-0.3, -0.25) is 14.4 Å². The predicted molar refractivity (Wildman–Crippen MR) is 118 cm³/mol. The number of hydrogen-bond donors (Lipinski definition) is 1. The van der Waals surface area contributed by atoms with Gasteiger partial charge in [-0.1, -0.05) is 29.8 Å². The molecule has 0 aliphatic rings. The van der Waals surface area contributed by atoms with Crippen molar-refractivity contribution in [2.45, 2.75) is 33.3 Å². The van der Waals surface area contributed by atoms with E-state index in [1.165, 1.54) is 25.1 Å². The molecule has 31 heavy (non-hydrogen) atoms. The Labute approximate surface area is 181 Å². The van der Waals surface area contributed by atoms with Crippen molar-refractivity contribution in [1.29, 1.82) is 0 Å². The summed E-state index contributed by atoms with van der Waals surface area (Å²) in [5.41, 5.74) is 4.19. The van der Waals surface area contributed by atoms with Crippen LogP contribution in [0.5, 0.6) is 0 Å². The molecule has 0 saturated heterocycles. The monoisotopic (exact) mass is 422 g/mol. The molecule has 1 N–H and O–H groups in total. The van der Waals surface area contributed by atoms with Crippen molar-refractivity contribution in [3.8, 4) is 0 Å². The van der Waals surface area contributed by atoms with Crippen LogP contribution in [-0.2, 0) is 25.5 Å². The molecule has 3 aromatic rings. The number of amides is 2. The highest BCUT2D eigenvalue weighted by molar-refractivity contribution is 5.95. The summed E-state index contributed by atoms with van der Waals surface area (Å²) < 4.78 is 10.8. The van der Waals surface area contributed by atoms with Crippen molar-refractivity contribution in [2.75, 3.05) is 18.9 Å². The zero-order valence-corrected chi connectivity index (χ0v) is 18.1. The van der Waals surface area contributed by atoms with E-state index in [4.69, 9.17) is 9.15 Å². The highest BCUT2D eigenvalue weighted by Crippen LogP contribution is 2.23. The third-order valence-corrected chi connectivity index (χ3v) is 4.89. The van der Waals surface area contributed by atoms with Gasteiger partial charge in [0.25, 0.3) is 5.91 Å². The molecule has 0 aliphatic heterocycles. The van der Waals surface area contributed by atoms with Crippen LogP contribution in [0.2, 0.25) is 0 Å². The SMILES string of the molecule is Cc1ccc(NC(=O)CN(C)C(=O)[C@H](C)OC(=O)Cc2coc3cc(C)ccc23)cc1. The summed E-state index contributed by atoms with van der Waals surface area (Å²) in [6.45, 7) is 5.25. The molecule has 7 heteroatoms. The number of furan rings is 1. The van der Waals surface area contributed by atoms with E-state index in [0.29, 0.717) is 16.8 Å². The Hall–Kier alpha value is -3.61. The van der Waals surface area contributed by atoms with E-state index in [1.807, 2.05) is 44.2 Å². The van der Waals surface area contributed by atoms with Gasteiger partial charge < -0.3 is 19.4 Å². The number of likely N-dealkylation sites (N-methyl/N-ethyl adjacent to an activating group) is 1. The third kappa shape index (κ3) is 5.72. The molecule has 162 valence electrons. The minimum Gasteiger partial charge on any atom is -0.464 e. The van der Waals surface area contributed by atoms with Gasteiger partial charge >= 0.3 is 5.97 Å². The molecule has 0 radical (unpaired) electrons. The Balaban J connectivity index is 1.51. The second-order valence-corrected chi connectivity index (χ2v) is 7.68. The van der Waals surface area contributed by atoms with Crippen molar-refractivity contribution in [3.63, 3.8) is 0 Å². The van der Waals surface area contributed by atoms with Crippen LogP contribution in [0.4, 0.5) is 5.69 Å². The van der Waals surface area contributed by atoms with E-state index in [0.717, 1.165) is 16.5 Å². The van der Waals surface area contributed by atoms with Gasteiger partial charge in [-0.15, -0.1) is 0 Å². The molecular weight excluding hydrogens is 396 g/mol. The van der Waals surface area contributed by atoms with Crippen LogP contribution in [0.15, 0.2) is 53.1 Å². The Morgan fingerprint density at radius 2 is 1.74 bits per heavy atom. The standard InChI is InChI=1S/C24H26N2O5/c1-15-5-8-19(9-6-15)25-22(27)13-26(4)24(29)17(3)31-23(28)12-18-14-30-21-11-16(2)7-10-20(18)21/h5-11,14,17H,12-13H2,1-4H3,(H,25,27)/t17-/m0/s1. The number of carbonyl (C=O) groups is 3. The van der Waals surface area contributed by atoms with E-state index in [2.05, 4.69) is 5.32 Å². The van der Waals surface area contributed by atoms with Gasteiger partial charge in [-0.2, -0.15) is 0 Å². The van der Waals surface area contributed by atoms with Crippen molar-refractivity contribution in [1.82, 2.24) is 4.90 Å². The van der Waals surface area contributed by atoms with Crippen molar-refractivity contribution >= 4 is 34.4 Å². The van der Waals surface area contributed by atoms with Gasteiger partial charge in [0.2, 0.25) is 5.91 Å². The molecule has 0 bridgehead atoms. The fourth-order valence-electron chi connectivity index (χ4n) is 3.21. The Kier molecular flexibility index (Phi) is 6.74. The molecule has 3 rings (SSSR count). The first-order valence-corrected chi connectivity index (χ1v) is 10.0. The van der Waals surface area contributed by atoms with Gasteiger partial charge in [-0.05, 0) is 44.5 Å². The molecule has 2 aromatic carbocycles. The lowest BCUT2D eigenvalue weighted by Gasteiger charge is -2.21. The normalized spacial score (nSPS) is 11.7. The van der Waals surface area contributed by atoms with Crippen LogP contribution in [0.3, 0.4) is 0 Å². The summed E-state index contributed by atoms with van der Waals surface area (Å²) in [5.74, 6) is -1.33. The highest BCUT2D eigenvalue weighted by atomic mass is 16.5. The maximum atomic E-state index is 12.5. The highest BCUT2D eigenvalue weighted by Gasteiger charge is 2.23. The maximum Gasteiger partial charge on any atom is 0.311 e. The maximum absolute atomic E-state index is 12.5. The van der Waals surface area contributed by atoms with Crippen molar-refractivity contribution in [3.05, 3.63) is 65.4 Å². The number of fused-ring (bicyclic) bond motifs is 1. The molecular formula is C24H26N2O5. The van der Waals surface area contributed by atoms with Crippen LogP contribution >= 0.6 is 0 Å². The van der Waals surface area contributed by atoms with Gasteiger partial charge in [0.1, 0.15) is 5.58 Å². The number of anilines is 1. The number of rotatable bonds is 7. The van der Waals surface area contributed by atoms with Crippen LogP contribution in [0.25, 0.3) is 11.0 Å². The predicted octanol–water partition coefficient (Wildman–Crippen LogP) is 3.62. The third-order valence-electron chi connectivity index (χ3n) is 4.89. The second-order valence-electron chi connectivity index (χ2n) is 7.68. The minimum atomic E-state index is -1.01. The van der Waals surface area contributed by atoms with Crippen LogP contribution in [0, 0.1) is 13.8 Å². The van der Waals surface area contributed by atoms with E-state index in [1.54, 1.807) is 12.1 Å². The Bertz CT molecular complexity index is 1100. The molecule has 2 amide bonds. The molecule has 0 saturated carbocycles. The van der Waals surface area contributed by atoms with Crippen LogP contribution in [0.1, 0.15) is 23.6 Å². The number of aryl methyl sites for hydroxylation is 2. The Morgan fingerprint density at radius 3 is 2.45 bits per heavy atom. The van der Waals surface area contributed by atoms with E-state index < -0.39 is 18.0 Å². The molecule has 0 fully saturated rings. The molecule has 1 atom stereocenters. The Morgan fingerprint density at radius 1 is 1.06 bits per heavy atom. The first-order chi connectivity index (χ1) is 14.7. The number of hydrogen-bond acceptors (Lipinski definition) is 5. The summed E-state index contributed by atoms with van der Waals surface area (Å²) in [6, 6.07) is 13.1. The molecule has 1 aromatic heterocycles. The smallest absolute Gasteiger partial charge is 0.311 e. The van der Waals surface area contributed by atoms with Gasteiger partial charge in [-0.25, -0.2) is 0 Å². The summed E-state index contributed by atoms with van der Waals surface area (Å²) in [7, 11) is 1.49. The van der Waals surface area contributed by atoms with Gasteiger partial charge in [0.15, 0.2) is 6.10 Å². The quantitative estimate of drug-likeness (QED) is 0.588. The van der Waals surface area contributed by atoms with E-state index >= 15 is 0 Å². The van der Waals surface area contributed by atoms with Gasteiger partial charge in [0, 0.05) is 23.7 Å². The lowest BCUT2D eigenvalue weighted by molar-refractivity contribution is -0.158. The zero-order valence-electron chi connectivity index (χ0n) is 18.1. The summed E-state index contributed by atoms with van der Waals surface area (Å²) in [4.78, 5) is 38.3. The minimum absolute atomic E-state index is 0.00863. The number of nitrogens with zero attached hydrogens (tertiary/aromatic N) is 1. The molecule has 1 heterocycles. The average molecular weight is 422 g/mol. The average Bonchev–Trinajstić information content (AvgIpc) is 3.10. The molecule has 0 spiro atoms. The molecule has 0 aliphatic carbocycles. The summed E-state index contributed by atoms with van der Waals surface area (Å²) in [6.07, 6.45) is 0.509. The van der Waals surface area contributed by atoms with Crippen LogP contribution < -0.4 is 5.32 Å². The van der Waals surface area contributed by atoms with Crippen LogP contribution in [-0.4, -0.2) is 42.4 Å².